The molecule has 1 aliphatic heterocycles. The van der Waals surface area contributed by atoms with Gasteiger partial charge in [0, 0.05) is 10.8 Å². The fraction of sp³-hybridized carbons (Fsp3) is 0.222. The van der Waals surface area contributed by atoms with E-state index in [1.54, 1.807) is 60.7 Å². The van der Waals surface area contributed by atoms with Crippen LogP contribution in [0.2, 0.25) is 0 Å². The molecule has 3 atom stereocenters. The van der Waals surface area contributed by atoms with E-state index in [0.29, 0.717) is 11.1 Å². The average Bonchev–Trinajstić information content (AvgIpc) is 2.62. The molecule has 2 aromatic carbocycles. The van der Waals surface area contributed by atoms with Crippen LogP contribution in [0.4, 0.5) is 0 Å². The average molecular weight is 344 g/mol. The molecule has 1 heterocycles. The summed E-state index contributed by atoms with van der Waals surface area (Å²) in [5, 5.41) is -0.481. The van der Waals surface area contributed by atoms with Crippen LogP contribution >= 0.6 is 0 Å². The van der Waals surface area contributed by atoms with E-state index < -0.39 is 34.1 Å². The fourth-order valence-corrected chi connectivity index (χ4v) is 3.55. The summed E-state index contributed by atoms with van der Waals surface area (Å²) in [6.07, 6.45) is -0.498. The number of carbonyl (C=O) groups is 2. The molecule has 1 fully saturated rings. The van der Waals surface area contributed by atoms with Crippen LogP contribution in [0, 0.1) is 0 Å². The smallest absolute Gasteiger partial charge is 0.338 e. The van der Waals surface area contributed by atoms with Gasteiger partial charge in [-0.05, 0) is 24.3 Å². The summed E-state index contributed by atoms with van der Waals surface area (Å²) in [5.41, 5.74) is 0.871. The van der Waals surface area contributed by atoms with E-state index in [9.17, 15) is 13.8 Å². The minimum atomic E-state index is -1.16. The van der Waals surface area contributed by atoms with Gasteiger partial charge >= 0.3 is 11.9 Å². The van der Waals surface area contributed by atoms with Crippen molar-refractivity contribution in [2.24, 2.45) is 0 Å². The number of carbonyl (C=O) groups excluding carboxylic acids is 2. The number of esters is 2. The zero-order valence-corrected chi connectivity index (χ0v) is 13.6. The minimum Gasteiger partial charge on any atom is -0.461 e. The first-order chi connectivity index (χ1) is 11.6. The summed E-state index contributed by atoms with van der Waals surface area (Å²) in [7, 11) is -1.16. The zero-order valence-electron chi connectivity index (χ0n) is 12.8. The van der Waals surface area contributed by atoms with Crippen molar-refractivity contribution in [2.75, 3.05) is 12.4 Å². The summed E-state index contributed by atoms with van der Waals surface area (Å²) in [6.45, 7) is -0.0346. The molecular formula is C18H16O5S. The monoisotopic (exact) mass is 344 g/mol. The molecule has 0 radical (unpaired) electrons. The molecule has 24 heavy (non-hydrogen) atoms. The van der Waals surface area contributed by atoms with Crippen LogP contribution in [0.25, 0.3) is 0 Å². The molecule has 0 bridgehead atoms. The Bertz CT molecular complexity index is 745. The second-order valence-electron chi connectivity index (χ2n) is 5.36. The van der Waals surface area contributed by atoms with Gasteiger partial charge in [0.05, 0.1) is 16.9 Å². The summed E-state index contributed by atoms with van der Waals surface area (Å²) in [5.74, 6) is -0.670. The van der Waals surface area contributed by atoms with Gasteiger partial charge in [0.15, 0.2) is 0 Å². The molecule has 124 valence electrons. The highest BCUT2D eigenvalue weighted by atomic mass is 32.2. The number of hydrogen-bond acceptors (Lipinski definition) is 5. The molecule has 0 aromatic heterocycles. The Morgan fingerprint density at radius 1 is 0.917 bits per heavy atom. The first kappa shape index (κ1) is 16.4. The van der Waals surface area contributed by atoms with Crippen LogP contribution in [0.1, 0.15) is 20.7 Å². The van der Waals surface area contributed by atoms with Gasteiger partial charge in [0.1, 0.15) is 18.0 Å². The van der Waals surface area contributed by atoms with Crippen molar-refractivity contribution in [3.8, 4) is 0 Å². The third-order valence-electron chi connectivity index (χ3n) is 3.74. The Hall–Kier alpha value is -2.47. The van der Waals surface area contributed by atoms with Crippen LogP contribution in [-0.2, 0) is 20.3 Å². The predicted molar refractivity (Wildman–Crippen MR) is 89.2 cm³/mol. The predicted octanol–water partition coefficient (Wildman–Crippen LogP) is 2.20. The Kier molecular flexibility index (Phi) is 5.05. The van der Waals surface area contributed by atoms with Gasteiger partial charge in [-0.1, -0.05) is 36.4 Å². The van der Waals surface area contributed by atoms with E-state index in [0.717, 1.165) is 0 Å². The topological polar surface area (TPSA) is 69.7 Å². The van der Waals surface area contributed by atoms with Gasteiger partial charge in [0.2, 0.25) is 0 Å². The second kappa shape index (κ2) is 7.40. The number of rotatable bonds is 5. The lowest BCUT2D eigenvalue weighted by molar-refractivity contribution is 0.0210. The van der Waals surface area contributed by atoms with Crippen LogP contribution in [-0.4, -0.2) is 39.9 Å². The van der Waals surface area contributed by atoms with E-state index >= 15 is 0 Å². The van der Waals surface area contributed by atoms with Crippen molar-refractivity contribution in [1.82, 2.24) is 0 Å². The van der Waals surface area contributed by atoms with Crippen LogP contribution in [0.15, 0.2) is 60.7 Å². The standard InChI is InChI=1S/C18H16O5S/c19-17(13-7-3-1-4-8-13)22-11-16-15(12-24(16)21)23-18(20)14-9-5-2-6-10-14/h1-10,15-16H,11-12H2/t15-,16+,24?/m0/s1. The molecule has 3 rings (SSSR count). The quantitative estimate of drug-likeness (QED) is 0.778. The number of ether oxygens (including phenoxy) is 2. The molecule has 2 aromatic rings. The number of benzene rings is 2. The van der Waals surface area contributed by atoms with Crippen molar-refractivity contribution in [3.05, 3.63) is 71.8 Å². The molecule has 0 N–H and O–H groups in total. The van der Waals surface area contributed by atoms with Gasteiger partial charge in [-0.15, -0.1) is 0 Å². The summed E-state index contributed by atoms with van der Waals surface area (Å²) < 4.78 is 22.4. The molecular weight excluding hydrogens is 328 g/mol. The SMILES string of the molecule is O=C(OC[C@@H]1[C@@H](OC(=O)c2ccccc2)CS1=O)c1ccccc1. The Morgan fingerprint density at radius 2 is 1.46 bits per heavy atom. The maximum Gasteiger partial charge on any atom is 0.338 e. The van der Waals surface area contributed by atoms with Gasteiger partial charge in [-0.25, -0.2) is 9.59 Å². The van der Waals surface area contributed by atoms with Crippen LogP contribution in [0.5, 0.6) is 0 Å². The summed E-state index contributed by atoms with van der Waals surface area (Å²) in [4.78, 5) is 23.9. The van der Waals surface area contributed by atoms with Gasteiger partial charge in [-0.2, -0.15) is 0 Å². The van der Waals surface area contributed by atoms with Gasteiger partial charge in [-0.3, -0.25) is 4.21 Å². The normalized spacial score (nSPS) is 22.2. The van der Waals surface area contributed by atoms with E-state index in [4.69, 9.17) is 9.47 Å². The fourth-order valence-electron chi connectivity index (χ4n) is 2.33. The Labute approximate surface area is 142 Å². The van der Waals surface area contributed by atoms with Crippen LogP contribution < -0.4 is 0 Å². The van der Waals surface area contributed by atoms with Crippen molar-refractivity contribution < 1.29 is 23.3 Å². The van der Waals surface area contributed by atoms with E-state index in [-0.39, 0.29) is 12.4 Å². The molecule has 1 unspecified atom stereocenters. The minimum absolute atomic E-state index is 0.0346. The second-order valence-corrected chi connectivity index (χ2v) is 7.06. The largest absolute Gasteiger partial charge is 0.461 e. The van der Waals surface area contributed by atoms with Crippen molar-refractivity contribution in [1.29, 1.82) is 0 Å². The molecule has 0 aliphatic carbocycles. The summed E-state index contributed by atoms with van der Waals surface area (Å²) in [6, 6.07) is 17.2. The third-order valence-corrected chi connectivity index (χ3v) is 5.51. The maximum atomic E-state index is 12.0. The highest BCUT2D eigenvalue weighted by Gasteiger charge is 2.42. The highest BCUT2D eigenvalue weighted by Crippen LogP contribution is 2.23. The van der Waals surface area contributed by atoms with Gasteiger partial charge in [0.25, 0.3) is 0 Å². The molecule has 0 spiro atoms. The lowest BCUT2D eigenvalue weighted by Crippen LogP contribution is -2.52. The first-order valence-electron chi connectivity index (χ1n) is 7.50. The molecule has 5 nitrogen and oxygen atoms in total. The summed E-state index contributed by atoms with van der Waals surface area (Å²) >= 11 is 0. The lowest BCUT2D eigenvalue weighted by Gasteiger charge is -2.34. The number of hydrogen-bond donors (Lipinski definition) is 0. The highest BCUT2D eigenvalue weighted by molar-refractivity contribution is 7.87. The molecule has 0 amide bonds. The molecule has 1 saturated heterocycles. The molecule has 6 heteroatoms. The van der Waals surface area contributed by atoms with E-state index in [1.807, 2.05) is 0 Å². The molecule has 1 aliphatic rings. The lowest BCUT2D eigenvalue weighted by atomic mass is 10.2. The van der Waals surface area contributed by atoms with E-state index in [1.165, 1.54) is 0 Å². The first-order valence-corrected chi connectivity index (χ1v) is 8.89. The maximum absolute atomic E-state index is 12.0. The van der Waals surface area contributed by atoms with Crippen LogP contribution in [0.3, 0.4) is 0 Å². The Morgan fingerprint density at radius 3 is 2.00 bits per heavy atom. The molecule has 0 saturated carbocycles. The Balaban J connectivity index is 1.54. The third kappa shape index (κ3) is 3.71. The van der Waals surface area contributed by atoms with Gasteiger partial charge < -0.3 is 9.47 Å². The zero-order chi connectivity index (χ0) is 16.9. The van der Waals surface area contributed by atoms with Crippen molar-refractivity contribution >= 4 is 22.7 Å². The van der Waals surface area contributed by atoms with E-state index in [2.05, 4.69) is 0 Å². The van der Waals surface area contributed by atoms with Crippen molar-refractivity contribution in [2.45, 2.75) is 11.4 Å². The van der Waals surface area contributed by atoms with Crippen molar-refractivity contribution in [3.63, 3.8) is 0 Å².